The van der Waals surface area contributed by atoms with Crippen molar-refractivity contribution in [1.82, 2.24) is 14.6 Å². The minimum absolute atomic E-state index is 0.814. The number of aromatic nitrogens is 3. The minimum Gasteiger partial charge on any atom is -0.365 e. The average Bonchev–Trinajstić information content (AvgIpc) is 2.97. The van der Waals surface area contributed by atoms with Crippen molar-refractivity contribution in [3.63, 3.8) is 0 Å². The average molecular weight is 230 g/mol. The monoisotopic (exact) mass is 230 g/mol. The molecule has 0 fully saturated rings. The number of hydrogen-bond donors (Lipinski definition) is 1. The van der Waals surface area contributed by atoms with E-state index in [1.807, 2.05) is 18.3 Å². The Hall–Kier alpha value is -1.88. The van der Waals surface area contributed by atoms with Crippen molar-refractivity contribution in [2.24, 2.45) is 0 Å². The number of hydrogen-bond acceptors (Lipinski definition) is 4. The fraction of sp³-hybridized carbons (Fsp3) is 0.0909. The van der Waals surface area contributed by atoms with Crippen molar-refractivity contribution in [3.8, 4) is 0 Å². The molecular weight excluding hydrogens is 220 g/mol. The molecule has 80 valence electrons. The lowest BCUT2D eigenvalue weighted by Gasteiger charge is -2.03. The fourth-order valence-corrected chi connectivity index (χ4v) is 2.15. The van der Waals surface area contributed by atoms with Gasteiger partial charge in [-0.1, -0.05) is 6.07 Å². The Morgan fingerprint density at radius 2 is 2.31 bits per heavy atom. The van der Waals surface area contributed by atoms with Gasteiger partial charge in [0.2, 0.25) is 0 Å². The van der Waals surface area contributed by atoms with Gasteiger partial charge in [0.15, 0.2) is 5.65 Å². The molecular formula is C11H10N4S. The van der Waals surface area contributed by atoms with E-state index in [9.17, 15) is 0 Å². The summed E-state index contributed by atoms with van der Waals surface area (Å²) < 4.78 is 1.75. The first-order chi connectivity index (χ1) is 7.92. The van der Waals surface area contributed by atoms with Gasteiger partial charge in [0.25, 0.3) is 0 Å². The van der Waals surface area contributed by atoms with Crippen LogP contribution in [-0.2, 0) is 6.54 Å². The van der Waals surface area contributed by atoms with Crippen molar-refractivity contribution in [1.29, 1.82) is 0 Å². The third-order valence-corrected chi connectivity index (χ3v) is 3.16. The summed E-state index contributed by atoms with van der Waals surface area (Å²) in [7, 11) is 0. The van der Waals surface area contributed by atoms with E-state index in [1.54, 1.807) is 22.0 Å². The van der Waals surface area contributed by atoms with Crippen LogP contribution < -0.4 is 5.32 Å². The first-order valence-electron chi connectivity index (χ1n) is 4.98. The second kappa shape index (κ2) is 3.94. The lowest BCUT2D eigenvalue weighted by Crippen LogP contribution is -2.01. The summed E-state index contributed by atoms with van der Waals surface area (Å²) in [5.74, 6) is 0.876. The Balaban J connectivity index is 1.78. The molecule has 0 saturated heterocycles. The molecule has 0 aliphatic heterocycles. The van der Waals surface area contributed by atoms with Gasteiger partial charge in [-0.2, -0.15) is 5.10 Å². The van der Waals surface area contributed by atoms with Crippen molar-refractivity contribution in [2.45, 2.75) is 6.54 Å². The standard InChI is InChI=1S/C11H10N4S/c1-2-9(16-7-1)8-12-10-4-6-15-11(14-10)3-5-13-15/h1-7H,8H2,(H,12,14). The SMILES string of the molecule is c1csc(CNc2ccn3nccc3n2)c1. The summed E-state index contributed by atoms with van der Waals surface area (Å²) in [5.41, 5.74) is 0.858. The van der Waals surface area contributed by atoms with E-state index >= 15 is 0 Å². The summed E-state index contributed by atoms with van der Waals surface area (Å²) in [6, 6.07) is 7.97. The molecule has 3 aromatic rings. The number of nitrogens with one attached hydrogen (secondary N) is 1. The predicted molar refractivity (Wildman–Crippen MR) is 64.6 cm³/mol. The highest BCUT2D eigenvalue weighted by atomic mass is 32.1. The van der Waals surface area contributed by atoms with Gasteiger partial charge in [0.05, 0.1) is 12.7 Å². The molecule has 0 aliphatic carbocycles. The van der Waals surface area contributed by atoms with E-state index in [4.69, 9.17) is 0 Å². The maximum absolute atomic E-state index is 4.43. The van der Waals surface area contributed by atoms with Gasteiger partial charge in [-0.15, -0.1) is 11.3 Å². The third-order valence-electron chi connectivity index (χ3n) is 2.28. The van der Waals surface area contributed by atoms with Crippen molar-refractivity contribution in [3.05, 3.63) is 46.9 Å². The Morgan fingerprint density at radius 3 is 3.19 bits per heavy atom. The lowest BCUT2D eigenvalue weighted by atomic mass is 10.4. The molecule has 0 radical (unpaired) electrons. The minimum atomic E-state index is 0.814. The fourth-order valence-electron chi connectivity index (χ4n) is 1.50. The van der Waals surface area contributed by atoms with E-state index in [0.717, 1.165) is 18.0 Å². The van der Waals surface area contributed by atoms with Crippen LogP contribution in [0.3, 0.4) is 0 Å². The molecule has 0 amide bonds. The van der Waals surface area contributed by atoms with Crippen LogP contribution in [-0.4, -0.2) is 14.6 Å². The summed E-state index contributed by atoms with van der Waals surface area (Å²) in [6.45, 7) is 0.814. The summed E-state index contributed by atoms with van der Waals surface area (Å²) in [6.07, 6.45) is 3.64. The van der Waals surface area contributed by atoms with Crippen molar-refractivity contribution >= 4 is 22.8 Å². The number of nitrogens with zero attached hydrogens (tertiary/aromatic N) is 3. The molecule has 0 spiro atoms. The third kappa shape index (κ3) is 1.77. The highest BCUT2D eigenvalue weighted by Gasteiger charge is 1.98. The Morgan fingerprint density at radius 1 is 1.31 bits per heavy atom. The van der Waals surface area contributed by atoms with E-state index in [0.29, 0.717) is 0 Å². The van der Waals surface area contributed by atoms with E-state index < -0.39 is 0 Å². The van der Waals surface area contributed by atoms with Gasteiger partial charge < -0.3 is 5.32 Å². The molecule has 3 rings (SSSR count). The molecule has 16 heavy (non-hydrogen) atoms. The number of anilines is 1. The first-order valence-corrected chi connectivity index (χ1v) is 5.86. The molecule has 5 heteroatoms. The van der Waals surface area contributed by atoms with Crippen LogP contribution in [0.1, 0.15) is 4.88 Å². The van der Waals surface area contributed by atoms with Crippen molar-refractivity contribution in [2.75, 3.05) is 5.32 Å². The van der Waals surface area contributed by atoms with Gasteiger partial charge in [-0.05, 0) is 17.5 Å². The van der Waals surface area contributed by atoms with Gasteiger partial charge >= 0.3 is 0 Å². The molecule has 0 atom stereocenters. The first kappa shape index (κ1) is 9.35. The van der Waals surface area contributed by atoms with Crippen LogP contribution >= 0.6 is 11.3 Å². The zero-order chi connectivity index (χ0) is 10.8. The molecule has 0 unspecified atom stereocenters. The molecule has 1 N–H and O–H groups in total. The van der Waals surface area contributed by atoms with Crippen LogP contribution in [0, 0.1) is 0 Å². The van der Waals surface area contributed by atoms with Gasteiger partial charge in [-0.25, -0.2) is 9.50 Å². The Bertz CT molecular complexity index is 585. The molecule has 0 aliphatic rings. The molecule has 4 nitrogen and oxygen atoms in total. The Labute approximate surface area is 96.6 Å². The van der Waals surface area contributed by atoms with E-state index in [1.165, 1.54) is 4.88 Å². The van der Waals surface area contributed by atoms with Gasteiger partial charge in [0.1, 0.15) is 5.82 Å². The Kier molecular flexibility index (Phi) is 2.30. The summed E-state index contributed by atoms with van der Waals surface area (Å²) >= 11 is 1.74. The number of rotatable bonds is 3. The van der Waals surface area contributed by atoms with E-state index in [2.05, 4.69) is 32.9 Å². The molecule has 0 saturated carbocycles. The normalized spacial score (nSPS) is 10.8. The number of fused-ring (bicyclic) bond motifs is 1. The maximum atomic E-state index is 4.43. The topological polar surface area (TPSA) is 42.2 Å². The van der Waals surface area contributed by atoms with Crippen LogP contribution in [0.15, 0.2) is 42.0 Å². The van der Waals surface area contributed by atoms with Crippen LogP contribution in [0.25, 0.3) is 5.65 Å². The number of thiophene rings is 1. The van der Waals surface area contributed by atoms with Crippen LogP contribution in [0.5, 0.6) is 0 Å². The molecule has 0 bridgehead atoms. The van der Waals surface area contributed by atoms with Crippen molar-refractivity contribution < 1.29 is 0 Å². The van der Waals surface area contributed by atoms with Gasteiger partial charge in [0, 0.05) is 17.1 Å². The molecule has 3 aromatic heterocycles. The lowest BCUT2D eigenvalue weighted by molar-refractivity contribution is 0.937. The molecule has 3 heterocycles. The smallest absolute Gasteiger partial charge is 0.157 e. The van der Waals surface area contributed by atoms with Gasteiger partial charge in [-0.3, -0.25) is 0 Å². The quantitative estimate of drug-likeness (QED) is 0.751. The highest BCUT2D eigenvalue weighted by molar-refractivity contribution is 7.09. The largest absolute Gasteiger partial charge is 0.365 e. The van der Waals surface area contributed by atoms with E-state index in [-0.39, 0.29) is 0 Å². The van der Waals surface area contributed by atoms with Crippen LogP contribution in [0.2, 0.25) is 0 Å². The zero-order valence-electron chi connectivity index (χ0n) is 8.50. The predicted octanol–water partition coefficient (Wildman–Crippen LogP) is 2.40. The molecule has 0 aromatic carbocycles. The summed E-state index contributed by atoms with van der Waals surface area (Å²) in [4.78, 5) is 5.73. The second-order valence-corrected chi connectivity index (χ2v) is 4.41. The highest BCUT2D eigenvalue weighted by Crippen LogP contribution is 2.11. The zero-order valence-corrected chi connectivity index (χ0v) is 9.31. The maximum Gasteiger partial charge on any atom is 0.157 e. The van der Waals surface area contributed by atoms with Crippen LogP contribution in [0.4, 0.5) is 5.82 Å². The second-order valence-electron chi connectivity index (χ2n) is 3.38. The summed E-state index contributed by atoms with van der Waals surface area (Å²) in [5, 5.41) is 9.46.